The summed E-state index contributed by atoms with van der Waals surface area (Å²) in [6.45, 7) is 2.21. The fourth-order valence-electron chi connectivity index (χ4n) is 2.00. The van der Waals surface area contributed by atoms with Gasteiger partial charge in [0.1, 0.15) is 11.6 Å². The molecular formula is C16H17FN2O3. The molecule has 5 nitrogen and oxygen atoms in total. The molecule has 2 aromatic rings. The first-order valence-electron chi connectivity index (χ1n) is 7.03. The van der Waals surface area contributed by atoms with Crippen molar-refractivity contribution in [3.63, 3.8) is 0 Å². The van der Waals surface area contributed by atoms with Gasteiger partial charge in [-0.25, -0.2) is 4.39 Å². The minimum Gasteiger partial charge on any atom is -0.361 e. The fourth-order valence-corrected chi connectivity index (χ4v) is 2.00. The molecule has 0 atom stereocenters. The van der Waals surface area contributed by atoms with Crippen molar-refractivity contribution in [2.75, 3.05) is 6.54 Å². The molecule has 0 radical (unpaired) electrons. The minimum absolute atomic E-state index is 0.0180. The summed E-state index contributed by atoms with van der Waals surface area (Å²) in [6, 6.07) is 7.56. The molecule has 0 aliphatic rings. The lowest BCUT2D eigenvalue weighted by molar-refractivity contribution is -0.121. The van der Waals surface area contributed by atoms with Crippen molar-refractivity contribution >= 4 is 11.7 Å². The molecule has 0 spiro atoms. The summed E-state index contributed by atoms with van der Waals surface area (Å²) in [5.41, 5.74) is 0.786. The van der Waals surface area contributed by atoms with E-state index in [-0.39, 0.29) is 30.1 Å². The molecule has 1 N–H and O–H groups in total. The van der Waals surface area contributed by atoms with Crippen molar-refractivity contribution in [3.8, 4) is 0 Å². The number of aryl methyl sites for hydroxylation is 1. The summed E-state index contributed by atoms with van der Waals surface area (Å²) >= 11 is 0. The molecule has 0 aliphatic heterocycles. The van der Waals surface area contributed by atoms with Crippen LogP contribution in [0.1, 0.15) is 34.7 Å². The van der Waals surface area contributed by atoms with Crippen LogP contribution in [0.15, 0.2) is 34.9 Å². The number of benzene rings is 1. The lowest BCUT2D eigenvalue weighted by Gasteiger charge is -2.04. The number of amides is 1. The molecule has 1 amide bonds. The van der Waals surface area contributed by atoms with Crippen LogP contribution in [0.4, 0.5) is 4.39 Å². The number of hydrogen-bond donors (Lipinski definition) is 1. The summed E-state index contributed by atoms with van der Waals surface area (Å²) in [5.74, 6) is -0.462. The van der Waals surface area contributed by atoms with Crippen LogP contribution in [0.25, 0.3) is 0 Å². The summed E-state index contributed by atoms with van der Waals surface area (Å²) in [7, 11) is 0. The van der Waals surface area contributed by atoms with Crippen molar-refractivity contribution in [2.45, 2.75) is 26.2 Å². The van der Waals surface area contributed by atoms with Gasteiger partial charge < -0.3 is 9.84 Å². The predicted octanol–water partition coefficient (Wildman–Crippen LogP) is 2.44. The van der Waals surface area contributed by atoms with E-state index in [1.165, 1.54) is 18.2 Å². The summed E-state index contributed by atoms with van der Waals surface area (Å²) in [6.07, 6.45) is 0.575. The molecule has 2 rings (SSSR count). The van der Waals surface area contributed by atoms with Crippen LogP contribution in [0.3, 0.4) is 0 Å². The van der Waals surface area contributed by atoms with Crippen molar-refractivity contribution in [2.24, 2.45) is 0 Å². The van der Waals surface area contributed by atoms with Crippen LogP contribution in [0, 0.1) is 12.7 Å². The molecule has 116 valence electrons. The molecule has 0 saturated carbocycles. The summed E-state index contributed by atoms with van der Waals surface area (Å²) in [5, 5.41) is 6.51. The van der Waals surface area contributed by atoms with Crippen LogP contribution in [0.2, 0.25) is 0 Å². The Morgan fingerprint density at radius 2 is 2.05 bits per heavy atom. The number of carbonyl (C=O) groups excluding carboxylic acids is 2. The van der Waals surface area contributed by atoms with Gasteiger partial charge in [-0.2, -0.15) is 0 Å². The largest absolute Gasteiger partial charge is 0.361 e. The number of nitrogens with zero attached hydrogens (tertiary/aromatic N) is 1. The first-order chi connectivity index (χ1) is 10.6. The minimum atomic E-state index is -0.561. The Labute approximate surface area is 127 Å². The summed E-state index contributed by atoms with van der Waals surface area (Å²) in [4.78, 5) is 23.5. The van der Waals surface area contributed by atoms with Crippen LogP contribution in [0.5, 0.6) is 0 Å². The Bertz CT molecular complexity index is 667. The van der Waals surface area contributed by atoms with E-state index in [1.807, 2.05) is 0 Å². The number of Topliss-reactive ketones (excluding diaryl/α,β-unsaturated/α-hetero) is 1. The van der Waals surface area contributed by atoms with E-state index in [1.54, 1.807) is 19.1 Å². The molecular weight excluding hydrogens is 287 g/mol. The monoisotopic (exact) mass is 304 g/mol. The van der Waals surface area contributed by atoms with Crippen LogP contribution in [-0.2, 0) is 11.2 Å². The number of rotatable bonds is 7. The highest BCUT2D eigenvalue weighted by Crippen LogP contribution is 2.10. The third-order valence-corrected chi connectivity index (χ3v) is 3.13. The van der Waals surface area contributed by atoms with Crippen molar-refractivity contribution in [3.05, 3.63) is 53.2 Å². The maximum Gasteiger partial charge on any atom is 0.220 e. The molecule has 6 heteroatoms. The average Bonchev–Trinajstić information content (AvgIpc) is 2.91. The quantitative estimate of drug-likeness (QED) is 0.797. The number of hydrogen-bond acceptors (Lipinski definition) is 4. The second kappa shape index (κ2) is 7.49. The Balaban J connectivity index is 1.71. The third kappa shape index (κ3) is 4.51. The van der Waals surface area contributed by atoms with Gasteiger partial charge in [0.25, 0.3) is 0 Å². The SMILES string of the molecule is Cc1cc(CCNC(=O)CCC(=O)c2ccccc2F)no1. The van der Waals surface area contributed by atoms with Gasteiger partial charge in [-0.3, -0.25) is 9.59 Å². The lowest BCUT2D eigenvalue weighted by Crippen LogP contribution is -2.26. The van der Waals surface area contributed by atoms with E-state index in [2.05, 4.69) is 10.5 Å². The number of halogens is 1. The Hall–Kier alpha value is -2.50. The van der Waals surface area contributed by atoms with Gasteiger partial charge in [0.05, 0.1) is 11.3 Å². The van der Waals surface area contributed by atoms with Crippen molar-refractivity contribution in [1.82, 2.24) is 10.5 Å². The normalized spacial score (nSPS) is 10.5. The van der Waals surface area contributed by atoms with Crippen LogP contribution in [-0.4, -0.2) is 23.4 Å². The second-order valence-corrected chi connectivity index (χ2v) is 4.93. The Morgan fingerprint density at radius 3 is 2.73 bits per heavy atom. The van der Waals surface area contributed by atoms with Gasteiger partial charge in [-0.1, -0.05) is 17.3 Å². The predicted molar refractivity (Wildman–Crippen MR) is 77.9 cm³/mol. The lowest BCUT2D eigenvalue weighted by atomic mass is 10.1. The molecule has 0 aliphatic carbocycles. The number of aromatic nitrogens is 1. The van der Waals surface area contributed by atoms with E-state index in [0.29, 0.717) is 13.0 Å². The van der Waals surface area contributed by atoms with Crippen LogP contribution < -0.4 is 5.32 Å². The summed E-state index contributed by atoms with van der Waals surface area (Å²) < 4.78 is 18.3. The number of nitrogens with one attached hydrogen (secondary N) is 1. The van der Waals surface area contributed by atoms with Gasteiger partial charge in [-0.05, 0) is 19.1 Å². The topological polar surface area (TPSA) is 72.2 Å². The average molecular weight is 304 g/mol. The Morgan fingerprint density at radius 1 is 1.27 bits per heavy atom. The fraction of sp³-hybridized carbons (Fsp3) is 0.312. The highest BCUT2D eigenvalue weighted by molar-refractivity contribution is 5.98. The van der Waals surface area contributed by atoms with Gasteiger partial charge >= 0.3 is 0 Å². The van der Waals surface area contributed by atoms with E-state index in [0.717, 1.165) is 11.5 Å². The number of ketones is 1. The first-order valence-corrected chi connectivity index (χ1v) is 7.03. The van der Waals surface area contributed by atoms with E-state index >= 15 is 0 Å². The molecule has 1 aromatic carbocycles. The zero-order valence-electron chi connectivity index (χ0n) is 12.3. The molecule has 0 fully saturated rings. The van der Waals surface area contributed by atoms with Crippen molar-refractivity contribution < 1.29 is 18.5 Å². The second-order valence-electron chi connectivity index (χ2n) is 4.93. The van der Waals surface area contributed by atoms with Gasteiger partial charge in [0.15, 0.2) is 5.78 Å². The highest BCUT2D eigenvalue weighted by Gasteiger charge is 2.12. The van der Waals surface area contributed by atoms with E-state index < -0.39 is 5.82 Å². The third-order valence-electron chi connectivity index (χ3n) is 3.13. The van der Waals surface area contributed by atoms with Crippen LogP contribution >= 0.6 is 0 Å². The van der Waals surface area contributed by atoms with Gasteiger partial charge in [-0.15, -0.1) is 0 Å². The molecule has 1 aromatic heterocycles. The standard InChI is InChI=1S/C16H17FN2O3/c1-11-10-12(19-22-11)8-9-18-16(21)7-6-15(20)13-4-2-3-5-14(13)17/h2-5,10H,6-9H2,1H3,(H,18,21). The van der Waals surface area contributed by atoms with E-state index in [9.17, 15) is 14.0 Å². The van der Waals surface area contributed by atoms with Gasteiger partial charge in [0, 0.05) is 31.9 Å². The van der Waals surface area contributed by atoms with E-state index in [4.69, 9.17) is 4.52 Å². The number of carbonyl (C=O) groups is 2. The zero-order valence-corrected chi connectivity index (χ0v) is 12.3. The first kappa shape index (κ1) is 15.9. The van der Waals surface area contributed by atoms with Gasteiger partial charge in [0.2, 0.25) is 5.91 Å². The maximum absolute atomic E-state index is 13.4. The smallest absolute Gasteiger partial charge is 0.220 e. The van der Waals surface area contributed by atoms with Crippen molar-refractivity contribution in [1.29, 1.82) is 0 Å². The zero-order chi connectivity index (χ0) is 15.9. The maximum atomic E-state index is 13.4. The molecule has 0 unspecified atom stereocenters. The molecule has 0 saturated heterocycles. The molecule has 0 bridgehead atoms. The highest BCUT2D eigenvalue weighted by atomic mass is 19.1. The Kier molecular flexibility index (Phi) is 5.41. The molecule has 1 heterocycles. The molecule has 22 heavy (non-hydrogen) atoms.